The minimum absolute atomic E-state index is 0.0932. The SMILES string of the molecule is Cc1cccc([N+](=O)[O-])c1NCCc1ccc(O)cc1. The summed E-state index contributed by atoms with van der Waals surface area (Å²) in [5, 5.41) is 23.3. The number of phenols is 1. The summed E-state index contributed by atoms with van der Waals surface area (Å²) in [4.78, 5) is 10.6. The molecule has 0 fully saturated rings. The van der Waals surface area contributed by atoms with Gasteiger partial charge in [-0.15, -0.1) is 0 Å². The fourth-order valence-corrected chi connectivity index (χ4v) is 2.03. The molecule has 0 atom stereocenters. The molecule has 0 unspecified atom stereocenters. The van der Waals surface area contributed by atoms with Crippen LogP contribution in [-0.4, -0.2) is 16.6 Å². The molecular weight excluding hydrogens is 256 g/mol. The maximum absolute atomic E-state index is 11.0. The topological polar surface area (TPSA) is 75.4 Å². The zero-order valence-corrected chi connectivity index (χ0v) is 11.2. The standard InChI is InChI=1S/C15H16N2O3/c1-11-3-2-4-14(17(19)20)15(11)16-10-9-12-5-7-13(18)8-6-12/h2-8,16,18H,9-10H2,1H3. The van der Waals surface area contributed by atoms with Crippen LogP contribution in [0.4, 0.5) is 11.4 Å². The van der Waals surface area contributed by atoms with Gasteiger partial charge in [0.05, 0.1) is 4.92 Å². The van der Waals surface area contributed by atoms with E-state index in [-0.39, 0.29) is 16.4 Å². The van der Waals surface area contributed by atoms with Gasteiger partial charge < -0.3 is 10.4 Å². The number of anilines is 1. The minimum Gasteiger partial charge on any atom is -0.508 e. The lowest BCUT2D eigenvalue weighted by Crippen LogP contribution is -2.08. The number of benzene rings is 2. The molecule has 2 aromatic rings. The smallest absolute Gasteiger partial charge is 0.292 e. The molecule has 0 radical (unpaired) electrons. The lowest BCUT2D eigenvalue weighted by Gasteiger charge is -2.10. The van der Waals surface area contributed by atoms with E-state index in [4.69, 9.17) is 0 Å². The molecule has 20 heavy (non-hydrogen) atoms. The number of hydrogen-bond donors (Lipinski definition) is 2. The second kappa shape index (κ2) is 6.06. The van der Waals surface area contributed by atoms with Crippen LogP contribution >= 0.6 is 0 Å². The molecule has 5 nitrogen and oxygen atoms in total. The van der Waals surface area contributed by atoms with Crippen LogP contribution in [0.15, 0.2) is 42.5 Å². The summed E-state index contributed by atoms with van der Waals surface area (Å²) in [6.07, 6.45) is 0.728. The Kier molecular flexibility index (Phi) is 4.20. The largest absolute Gasteiger partial charge is 0.508 e. The first-order valence-corrected chi connectivity index (χ1v) is 6.33. The lowest BCUT2D eigenvalue weighted by molar-refractivity contribution is -0.384. The summed E-state index contributed by atoms with van der Waals surface area (Å²) in [5.41, 5.74) is 2.57. The highest BCUT2D eigenvalue weighted by Crippen LogP contribution is 2.27. The van der Waals surface area contributed by atoms with E-state index >= 15 is 0 Å². The zero-order chi connectivity index (χ0) is 14.5. The molecule has 0 aromatic heterocycles. The Labute approximate surface area is 117 Å². The Balaban J connectivity index is 2.04. The van der Waals surface area contributed by atoms with Crippen molar-refractivity contribution in [2.24, 2.45) is 0 Å². The van der Waals surface area contributed by atoms with Crippen LogP contribution in [0.5, 0.6) is 5.75 Å². The van der Waals surface area contributed by atoms with Crippen molar-refractivity contribution in [3.63, 3.8) is 0 Å². The number of phenolic OH excluding ortho intramolecular Hbond substituents is 1. The van der Waals surface area contributed by atoms with Crippen molar-refractivity contribution >= 4 is 11.4 Å². The van der Waals surface area contributed by atoms with Gasteiger partial charge in [0.25, 0.3) is 5.69 Å². The number of aromatic hydroxyl groups is 1. The van der Waals surface area contributed by atoms with Gasteiger partial charge in [-0.2, -0.15) is 0 Å². The molecule has 0 spiro atoms. The summed E-state index contributed by atoms with van der Waals surface area (Å²) in [5.74, 6) is 0.233. The summed E-state index contributed by atoms with van der Waals surface area (Å²) >= 11 is 0. The highest BCUT2D eigenvalue weighted by atomic mass is 16.6. The Morgan fingerprint density at radius 1 is 1.20 bits per heavy atom. The summed E-state index contributed by atoms with van der Waals surface area (Å²) < 4.78 is 0. The summed E-state index contributed by atoms with van der Waals surface area (Å²) in [7, 11) is 0. The first-order chi connectivity index (χ1) is 9.58. The summed E-state index contributed by atoms with van der Waals surface area (Å²) in [6, 6.07) is 12.0. The van der Waals surface area contributed by atoms with Gasteiger partial charge >= 0.3 is 0 Å². The van der Waals surface area contributed by atoms with E-state index in [1.54, 1.807) is 18.2 Å². The van der Waals surface area contributed by atoms with Gasteiger partial charge in [0.15, 0.2) is 0 Å². The van der Waals surface area contributed by atoms with Crippen LogP contribution < -0.4 is 5.32 Å². The molecule has 0 amide bonds. The lowest BCUT2D eigenvalue weighted by atomic mass is 10.1. The fraction of sp³-hybridized carbons (Fsp3) is 0.200. The van der Waals surface area contributed by atoms with Gasteiger partial charge in [0, 0.05) is 12.6 Å². The predicted octanol–water partition coefficient (Wildman–Crippen LogP) is 3.26. The van der Waals surface area contributed by atoms with E-state index in [1.807, 2.05) is 25.1 Å². The number of para-hydroxylation sites is 1. The molecule has 0 aliphatic carbocycles. The van der Waals surface area contributed by atoms with Gasteiger partial charge in [0.1, 0.15) is 11.4 Å². The second-order valence-electron chi connectivity index (χ2n) is 4.57. The van der Waals surface area contributed by atoms with Gasteiger partial charge in [-0.1, -0.05) is 24.3 Å². The first-order valence-electron chi connectivity index (χ1n) is 6.33. The van der Waals surface area contributed by atoms with Crippen molar-refractivity contribution < 1.29 is 10.0 Å². The van der Waals surface area contributed by atoms with Gasteiger partial charge in [-0.25, -0.2) is 0 Å². The number of nitro groups is 1. The molecule has 0 aliphatic rings. The molecule has 0 saturated carbocycles. The van der Waals surface area contributed by atoms with E-state index in [0.29, 0.717) is 12.2 Å². The number of rotatable bonds is 5. The maximum Gasteiger partial charge on any atom is 0.292 e. The average molecular weight is 272 g/mol. The molecule has 2 aromatic carbocycles. The van der Waals surface area contributed by atoms with Crippen LogP contribution in [-0.2, 0) is 6.42 Å². The van der Waals surface area contributed by atoms with Crippen LogP contribution in [0, 0.1) is 17.0 Å². The normalized spacial score (nSPS) is 10.2. The number of nitrogens with one attached hydrogen (secondary N) is 1. The van der Waals surface area contributed by atoms with E-state index < -0.39 is 0 Å². The maximum atomic E-state index is 11.0. The highest BCUT2D eigenvalue weighted by molar-refractivity contribution is 5.65. The Morgan fingerprint density at radius 2 is 1.90 bits per heavy atom. The molecule has 2 rings (SSSR count). The molecular formula is C15H16N2O3. The van der Waals surface area contributed by atoms with Gasteiger partial charge in [-0.3, -0.25) is 10.1 Å². The van der Waals surface area contributed by atoms with Crippen molar-refractivity contribution in [1.82, 2.24) is 0 Å². The monoisotopic (exact) mass is 272 g/mol. The van der Waals surface area contributed by atoms with Gasteiger partial charge in [-0.05, 0) is 36.6 Å². The van der Waals surface area contributed by atoms with Crippen LogP contribution in [0.1, 0.15) is 11.1 Å². The number of nitrogens with zero attached hydrogens (tertiary/aromatic N) is 1. The second-order valence-corrected chi connectivity index (χ2v) is 4.57. The van der Waals surface area contributed by atoms with Gasteiger partial charge in [0.2, 0.25) is 0 Å². The quantitative estimate of drug-likeness (QED) is 0.647. The Morgan fingerprint density at radius 3 is 2.55 bits per heavy atom. The van der Waals surface area contributed by atoms with Crippen LogP contribution in [0.25, 0.3) is 0 Å². The van der Waals surface area contributed by atoms with Crippen LogP contribution in [0.3, 0.4) is 0 Å². The van der Waals surface area contributed by atoms with E-state index in [1.165, 1.54) is 6.07 Å². The van der Waals surface area contributed by atoms with Crippen molar-refractivity contribution in [3.8, 4) is 5.75 Å². The minimum atomic E-state index is -0.379. The number of hydrogen-bond acceptors (Lipinski definition) is 4. The molecule has 0 heterocycles. The summed E-state index contributed by atoms with van der Waals surface area (Å²) in [6.45, 7) is 2.44. The third-order valence-electron chi connectivity index (χ3n) is 3.10. The molecule has 5 heteroatoms. The van der Waals surface area contributed by atoms with Crippen molar-refractivity contribution in [2.75, 3.05) is 11.9 Å². The predicted molar refractivity (Wildman–Crippen MR) is 78.1 cm³/mol. The Hall–Kier alpha value is -2.56. The molecule has 0 bridgehead atoms. The van der Waals surface area contributed by atoms with Crippen LogP contribution in [0.2, 0.25) is 0 Å². The number of aryl methyl sites for hydroxylation is 1. The van der Waals surface area contributed by atoms with E-state index in [0.717, 1.165) is 17.5 Å². The van der Waals surface area contributed by atoms with Crippen molar-refractivity contribution in [1.29, 1.82) is 0 Å². The third-order valence-corrected chi connectivity index (χ3v) is 3.10. The molecule has 0 saturated heterocycles. The Bertz CT molecular complexity index is 609. The fourth-order valence-electron chi connectivity index (χ4n) is 2.03. The molecule has 0 aliphatic heterocycles. The first kappa shape index (κ1) is 13.9. The highest BCUT2D eigenvalue weighted by Gasteiger charge is 2.14. The van der Waals surface area contributed by atoms with Crippen molar-refractivity contribution in [3.05, 3.63) is 63.7 Å². The zero-order valence-electron chi connectivity index (χ0n) is 11.2. The molecule has 2 N–H and O–H groups in total. The van der Waals surface area contributed by atoms with E-state index in [9.17, 15) is 15.2 Å². The average Bonchev–Trinajstić information content (AvgIpc) is 2.42. The van der Waals surface area contributed by atoms with Crippen molar-refractivity contribution in [2.45, 2.75) is 13.3 Å². The van der Waals surface area contributed by atoms with E-state index in [2.05, 4.69) is 5.32 Å². The number of nitro benzene ring substituents is 1. The third kappa shape index (κ3) is 3.26. The molecule has 104 valence electrons.